The van der Waals surface area contributed by atoms with Crippen LogP contribution in [0.2, 0.25) is 0 Å². The fourth-order valence-corrected chi connectivity index (χ4v) is 3.46. The molecule has 2 aliphatic heterocycles. The minimum Gasteiger partial charge on any atom is -0.355 e. The third-order valence-electron chi connectivity index (χ3n) is 4.68. The number of nitrogens with one attached hydrogen (secondary N) is 3. The van der Waals surface area contributed by atoms with Crippen molar-refractivity contribution in [2.24, 2.45) is 10.9 Å². The van der Waals surface area contributed by atoms with Gasteiger partial charge < -0.3 is 16.0 Å². The van der Waals surface area contributed by atoms with Gasteiger partial charge in [-0.1, -0.05) is 20.3 Å². The van der Waals surface area contributed by atoms with Crippen LogP contribution in [0.4, 0.5) is 0 Å². The zero-order chi connectivity index (χ0) is 16.7. The van der Waals surface area contributed by atoms with Crippen molar-refractivity contribution in [1.29, 1.82) is 0 Å². The highest BCUT2D eigenvalue weighted by Crippen LogP contribution is 2.17. The molecule has 2 heterocycles. The van der Waals surface area contributed by atoms with E-state index in [4.69, 9.17) is 0 Å². The summed E-state index contributed by atoms with van der Waals surface area (Å²) in [6.07, 6.45) is 5.37. The van der Waals surface area contributed by atoms with Crippen molar-refractivity contribution in [3.8, 4) is 0 Å². The maximum Gasteiger partial charge on any atom is 0.220 e. The monoisotopic (exact) mass is 323 g/mol. The first-order chi connectivity index (χ1) is 11.1. The molecule has 23 heavy (non-hydrogen) atoms. The largest absolute Gasteiger partial charge is 0.355 e. The summed E-state index contributed by atoms with van der Waals surface area (Å²) in [6, 6.07) is 0.868. The Labute approximate surface area is 140 Å². The van der Waals surface area contributed by atoms with Crippen LogP contribution in [0.25, 0.3) is 0 Å². The van der Waals surface area contributed by atoms with E-state index in [0.29, 0.717) is 24.9 Å². The van der Waals surface area contributed by atoms with Gasteiger partial charge in [0.15, 0.2) is 5.96 Å². The molecular formula is C17H33N5O. The van der Waals surface area contributed by atoms with Crippen LogP contribution in [0.3, 0.4) is 0 Å². The molecule has 2 fully saturated rings. The van der Waals surface area contributed by atoms with Crippen LogP contribution in [0.5, 0.6) is 0 Å². The predicted molar refractivity (Wildman–Crippen MR) is 94.6 cm³/mol. The van der Waals surface area contributed by atoms with Gasteiger partial charge in [-0.2, -0.15) is 0 Å². The van der Waals surface area contributed by atoms with Gasteiger partial charge in [-0.15, -0.1) is 0 Å². The summed E-state index contributed by atoms with van der Waals surface area (Å²) in [5.41, 5.74) is 0. The summed E-state index contributed by atoms with van der Waals surface area (Å²) < 4.78 is 0. The fourth-order valence-electron chi connectivity index (χ4n) is 3.46. The van der Waals surface area contributed by atoms with Crippen molar-refractivity contribution < 1.29 is 4.79 Å². The number of guanidine groups is 1. The van der Waals surface area contributed by atoms with E-state index in [9.17, 15) is 4.79 Å². The Morgan fingerprint density at radius 1 is 1.39 bits per heavy atom. The smallest absolute Gasteiger partial charge is 0.220 e. The lowest BCUT2D eigenvalue weighted by molar-refractivity contribution is -0.122. The van der Waals surface area contributed by atoms with Gasteiger partial charge in [0.2, 0.25) is 5.91 Å². The molecular weight excluding hydrogens is 290 g/mol. The van der Waals surface area contributed by atoms with Gasteiger partial charge in [0.05, 0.1) is 0 Å². The average Bonchev–Trinajstić information content (AvgIpc) is 2.54. The third-order valence-corrected chi connectivity index (χ3v) is 4.68. The summed E-state index contributed by atoms with van der Waals surface area (Å²) in [5, 5.41) is 9.82. The van der Waals surface area contributed by atoms with E-state index >= 15 is 0 Å². The molecule has 0 aromatic heterocycles. The summed E-state index contributed by atoms with van der Waals surface area (Å²) in [7, 11) is 1.81. The molecule has 0 aliphatic carbocycles. The van der Waals surface area contributed by atoms with Gasteiger partial charge in [0, 0.05) is 45.2 Å². The molecule has 2 atom stereocenters. The van der Waals surface area contributed by atoms with Crippen LogP contribution in [0.1, 0.15) is 46.0 Å². The first-order valence-corrected chi connectivity index (χ1v) is 9.06. The van der Waals surface area contributed by atoms with E-state index in [1.807, 2.05) is 7.05 Å². The van der Waals surface area contributed by atoms with E-state index in [0.717, 1.165) is 18.9 Å². The minimum atomic E-state index is 0.150. The number of carbonyl (C=O) groups is 1. The quantitative estimate of drug-likeness (QED) is 0.520. The van der Waals surface area contributed by atoms with Crippen LogP contribution in [-0.4, -0.2) is 62.1 Å². The number of hydrogen-bond donors (Lipinski definition) is 3. The molecule has 0 bridgehead atoms. The number of hydrogen-bond acceptors (Lipinski definition) is 3. The Morgan fingerprint density at radius 3 is 2.87 bits per heavy atom. The molecule has 0 aromatic carbocycles. The number of nitrogens with zero attached hydrogens (tertiary/aromatic N) is 2. The van der Waals surface area contributed by atoms with Crippen LogP contribution in [-0.2, 0) is 4.79 Å². The van der Waals surface area contributed by atoms with E-state index < -0.39 is 0 Å². The van der Waals surface area contributed by atoms with Crippen molar-refractivity contribution in [1.82, 2.24) is 20.9 Å². The lowest BCUT2D eigenvalue weighted by Gasteiger charge is -2.37. The molecule has 2 unspecified atom stereocenters. The first kappa shape index (κ1) is 18.0. The van der Waals surface area contributed by atoms with E-state index in [1.165, 1.54) is 32.4 Å². The standard InChI is InChI=1S/C17H33N5O/c1-13(2)12-22-9-5-4-6-15(22)11-20-17(18-3)21-14-7-8-16(23)19-10-14/h13-15H,4-12H2,1-3H3,(H,19,23)(H2,18,20,21). The van der Waals surface area contributed by atoms with Gasteiger partial charge in [-0.3, -0.25) is 14.7 Å². The second-order valence-corrected chi connectivity index (χ2v) is 7.18. The molecule has 2 rings (SSSR count). The summed E-state index contributed by atoms with van der Waals surface area (Å²) in [5.74, 6) is 1.71. The Bertz CT molecular complexity index is 400. The van der Waals surface area contributed by atoms with E-state index in [2.05, 4.69) is 39.7 Å². The van der Waals surface area contributed by atoms with Crippen LogP contribution in [0.15, 0.2) is 4.99 Å². The number of aliphatic imine (C=N–C) groups is 1. The van der Waals surface area contributed by atoms with Gasteiger partial charge in [0.1, 0.15) is 0 Å². The molecule has 0 aromatic rings. The predicted octanol–water partition coefficient (Wildman–Crippen LogP) is 0.941. The molecule has 132 valence electrons. The summed E-state index contributed by atoms with van der Waals surface area (Å²) in [4.78, 5) is 18.2. The van der Waals surface area contributed by atoms with Gasteiger partial charge in [0.25, 0.3) is 0 Å². The Kier molecular flexibility index (Phi) is 7.15. The third kappa shape index (κ3) is 6.01. The van der Waals surface area contributed by atoms with Gasteiger partial charge in [-0.05, 0) is 31.7 Å². The van der Waals surface area contributed by atoms with Crippen molar-refractivity contribution in [2.45, 2.75) is 58.0 Å². The highest BCUT2D eigenvalue weighted by molar-refractivity contribution is 5.81. The first-order valence-electron chi connectivity index (χ1n) is 9.06. The van der Waals surface area contributed by atoms with Crippen molar-refractivity contribution >= 4 is 11.9 Å². The van der Waals surface area contributed by atoms with Crippen molar-refractivity contribution in [3.05, 3.63) is 0 Å². The SMILES string of the molecule is CN=C(NCC1CCCCN1CC(C)C)NC1CCC(=O)NC1. The maximum atomic E-state index is 11.2. The number of amides is 1. The van der Waals surface area contributed by atoms with Crippen molar-refractivity contribution in [3.63, 3.8) is 0 Å². The molecule has 3 N–H and O–H groups in total. The normalized spacial score (nSPS) is 27.0. The highest BCUT2D eigenvalue weighted by Gasteiger charge is 2.24. The molecule has 2 aliphatic rings. The number of likely N-dealkylation sites (tertiary alicyclic amines) is 1. The molecule has 0 spiro atoms. The van der Waals surface area contributed by atoms with Crippen LogP contribution >= 0.6 is 0 Å². The Balaban J connectivity index is 1.78. The fraction of sp³-hybridized carbons (Fsp3) is 0.882. The second kappa shape index (κ2) is 9.11. The van der Waals surface area contributed by atoms with Crippen molar-refractivity contribution in [2.75, 3.05) is 33.2 Å². The number of rotatable bonds is 5. The zero-order valence-corrected chi connectivity index (χ0v) is 14.9. The lowest BCUT2D eigenvalue weighted by Crippen LogP contribution is -2.54. The Hall–Kier alpha value is -1.30. The summed E-state index contributed by atoms with van der Waals surface area (Å²) in [6.45, 7) is 8.58. The maximum absolute atomic E-state index is 11.2. The number of carbonyl (C=O) groups excluding carboxylic acids is 1. The lowest BCUT2D eigenvalue weighted by atomic mass is 10.0. The second-order valence-electron chi connectivity index (χ2n) is 7.18. The molecule has 0 radical (unpaired) electrons. The minimum absolute atomic E-state index is 0.150. The van der Waals surface area contributed by atoms with Crippen LogP contribution < -0.4 is 16.0 Å². The molecule has 2 saturated heterocycles. The topological polar surface area (TPSA) is 68.8 Å². The molecule has 6 nitrogen and oxygen atoms in total. The van der Waals surface area contributed by atoms with Gasteiger partial charge >= 0.3 is 0 Å². The van der Waals surface area contributed by atoms with Gasteiger partial charge in [-0.25, -0.2) is 0 Å². The van der Waals surface area contributed by atoms with E-state index in [1.54, 1.807) is 0 Å². The molecule has 6 heteroatoms. The number of piperidine rings is 2. The van der Waals surface area contributed by atoms with E-state index in [-0.39, 0.29) is 11.9 Å². The zero-order valence-electron chi connectivity index (χ0n) is 14.9. The Morgan fingerprint density at radius 2 is 2.22 bits per heavy atom. The van der Waals surface area contributed by atoms with Crippen LogP contribution in [0, 0.1) is 5.92 Å². The average molecular weight is 323 g/mol. The molecule has 0 saturated carbocycles. The summed E-state index contributed by atoms with van der Waals surface area (Å²) >= 11 is 0. The highest BCUT2D eigenvalue weighted by atomic mass is 16.1. The molecule has 1 amide bonds.